The lowest BCUT2D eigenvalue weighted by molar-refractivity contribution is 0.592. The largest absolute Gasteiger partial charge is 0.285 e. The van der Waals surface area contributed by atoms with Gasteiger partial charge in [0, 0.05) is 5.30 Å². The Morgan fingerprint density at radius 2 is 2.14 bits per heavy atom. The third-order valence-electron chi connectivity index (χ3n) is 1.47. The van der Waals surface area contributed by atoms with Crippen LogP contribution in [0.4, 0.5) is 0 Å². The number of nitrogens with zero attached hydrogens (tertiary/aromatic N) is 1. The van der Waals surface area contributed by atoms with E-state index in [1.54, 1.807) is 12.1 Å². The van der Waals surface area contributed by atoms with Crippen LogP contribution in [0.1, 0.15) is 0 Å². The van der Waals surface area contributed by atoms with Gasteiger partial charge in [0.05, 0.1) is 5.16 Å². The Morgan fingerprint density at radius 1 is 1.50 bits per heavy atom. The molecule has 0 radical (unpaired) electrons. The third kappa shape index (κ3) is 2.66. The zero-order valence-corrected chi connectivity index (χ0v) is 9.82. The molecular formula is C9H8NOPS2. The standard InChI is InChI=1S/C9H8NOPS2/c1-2-14-12(11,10-8-13)9-6-4-3-5-7-9/h2-7H,1H2. The molecule has 0 aliphatic rings. The average molecular weight is 241 g/mol. The van der Waals surface area contributed by atoms with Crippen LogP contribution >= 0.6 is 30.1 Å². The molecule has 72 valence electrons. The first kappa shape index (κ1) is 11.4. The predicted molar refractivity (Wildman–Crippen MR) is 66.5 cm³/mol. The molecule has 0 spiro atoms. The Labute approximate surface area is 92.3 Å². The predicted octanol–water partition coefficient (Wildman–Crippen LogP) is 3.48. The molecule has 0 aliphatic heterocycles. The first-order chi connectivity index (χ1) is 6.73. The molecule has 1 rings (SSSR count). The van der Waals surface area contributed by atoms with Crippen molar-refractivity contribution in [1.82, 2.24) is 0 Å². The van der Waals surface area contributed by atoms with E-state index in [4.69, 9.17) is 0 Å². The molecular weight excluding hydrogens is 233 g/mol. The summed E-state index contributed by atoms with van der Waals surface area (Å²) in [5.41, 5.74) is 0. The molecule has 0 saturated carbocycles. The summed E-state index contributed by atoms with van der Waals surface area (Å²) in [6.45, 7) is 0.659. The van der Waals surface area contributed by atoms with Crippen molar-refractivity contribution in [3.05, 3.63) is 42.3 Å². The van der Waals surface area contributed by atoms with Gasteiger partial charge in [-0.05, 0) is 41.1 Å². The topological polar surface area (TPSA) is 29.4 Å². The summed E-state index contributed by atoms with van der Waals surface area (Å²) >= 11 is 5.56. The summed E-state index contributed by atoms with van der Waals surface area (Å²) in [6.07, 6.45) is 0. The van der Waals surface area contributed by atoms with Gasteiger partial charge >= 0.3 is 0 Å². The maximum Gasteiger partial charge on any atom is 0.285 e. The fraction of sp³-hybridized carbons (Fsp3) is 0. The summed E-state index contributed by atoms with van der Waals surface area (Å²) in [7, 11) is 0. The highest BCUT2D eigenvalue weighted by Gasteiger charge is 2.22. The quantitative estimate of drug-likeness (QED) is 0.459. The highest BCUT2D eigenvalue weighted by Crippen LogP contribution is 2.58. The Bertz CT molecular complexity index is 412. The Kier molecular flexibility index (Phi) is 4.30. The Morgan fingerprint density at radius 3 is 2.64 bits per heavy atom. The first-order valence-corrected chi connectivity index (χ1v) is 7.32. The van der Waals surface area contributed by atoms with Crippen molar-refractivity contribution < 1.29 is 4.57 Å². The molecule has 0 amide bonds. The molecule has 0 N–H and O–H groups in total. The molecule has 0 aliphatic carbocycles. The fourth-order valence-electron chi connectivity index (χ4n) is 0.913. The van der Waals surface area contributed by atoms with Crippen molar-refractivity contribution in [2.75, 3.05) is 0 Å². The second-order valence-electron chi connectivity index (χ2n) is 2.32. The molecule has 5 heteroatoms. The number of rotatable bonds is 4. The molecule has 1 unspecified atom stereocenters. The maximum atomic E-state index is 12.2. The van der Waals surface area contributed by atoms with Gasteiger partial charge in [0.2, 0.25) is 0 Å². The van der Waals surface area contributed by atoms with Crippen LogP contribution in [0.2, 0.25) is 0 Å². The maximum absolute atomic E-state index is 12.2. The van der Waals surface area contributed by atoms with Gasteiger partial charge in [0.25, 0.3) is 6.49 Å². The van der Waals surface area contributed by atoms with Crippen LogP contribution in [-0.2, 0) is 4.57 Å². The van der Waals surface area contributed by atoms with Gasteiger partial charge in [-0.1, -0.05) is 24.8 Å². The van der Waals surface area contributed by atoms with Crippen LogP contribution in [-0.4, -0.2) is 5.16 Å². The lowest BCUT2D eigenvalue weighted by Gasteiger charge is -2.07. The zero-order chi connectivity index (χ0) is 10.4. The smallest absolute Gasteiger partial charge is 0.280 e. The summed E-state index contributed by atoms with van der Waals surface area (Å²) in [5, 5.41) is 4.33. The van der Waals surface area contributed by atoms with Crippen molar-refractivity contribution in [3.8, 4) is 0 Å². The van der Waals surface area contributed by atoms with E-state index in [0.29, 0.717) is 5.30 Å². The van der Waals surface area contributed by atoms with E-state index in [1.807, 2.05) is 18.2 Å². The van der Waals surface area contributed by atoms with Crippen molar-refractivity contribution in [2.45, 2.75) is 0 Å². The second kappa shape index (κ2) is 5.28. The van der Waals surface area contributed by atoms with Crippen LogP contribution in [0.5, 0.6) is 0 Å². The van der Waals surface area contributed by atoms with Crippen molar-refractivity contribution in [2.24, 2.45) is 4.76 Å². The summed E-state index contributed by atoms with van der Waals surface area (Å²) in [4.78, 5) is 0. The van der Waals surface area contributed by atoms with Gasteiger partial charge in [-0.15, -0.1) is 0 Å². The lowest BCUT2D eigenvalue weighted by atomic mass is 10.4. The normalized spacial score (nSPS) is 13.7. The third-order valence-corrected chi connectivity index (χ3v) is 5.63. The highest BCUT2D eigenvalue weighted by molar-refractivity contribution is 8.61. The van der Waals surface area contributed by atoms with E-state index in [0.717, 1.165) is 11.4 Å². The Hall–Kier alpha value is -0.660. The number of hydrogen-bond acceptors (Lipinski definition) is 3. The minimum atomic E-state index is -2.86. The lowest BCUT2D eigenvalue weighted by Crippen LogP contribution is -1.98. The van der Waals surface area contributed by atoms with E-state index in [2.05, 4.69) is 28.7 Å². The van der Waals surface area contributed by atoms with E-state index in [9.17, 15) is 4.57 Å². The van der Waals surface area contributed by atoms with Crippen LogP contribution in [0, 0.1) is 0 Å². The number of hydrogen-bond donors (Lipinski definition) is 0. The molecule has 0 aromatic heterocycles. The molecule has 1 aromatic rings. The minimum absolute atomic E-state index is 0.655. The number of thiocarbonyl (C=S) groups is 1. The number of isothiocyanates is 1. The first-order valence-electron chi connectivity index (χ1n) is 3.77. The van der Waals surface area contributed by atoms with Gasteiger partial charge in [0.15, 0.2) is 0 Å². The van der Waals surface area contributed by atoms with Crippen molar-refractivity contribution in [3.63, 3.8) is 0 Å². The highest BCUT2D eigenvalue weighted by atomic mass is 32.7. The zero-order valence-electron chi connectivity index (χ0n) is 7.29. The van der Waals surface area contributed by atoms with Crippen molar-refractivity contribution in [1.29, 1.82) is 0 Å². The molecule has 0 bridgehead atoms. The van der Waals surface area contributed by atoms with Crippen LogP contribution in [0.3, 0.4) is 0 Å². The molecule has 1 atom stereocenters. The average Bonchev–Trinajstić information content (AvgIpc) is 2.20. The van der Waals surface area contributed by atoms with E-state index < -0.39 is 6.49 Å². The van der Waals surface area contributed by atoms with E-state index in [-0.39, 0.29) is 0 Å². The van der Waals surface area contributed by atoms with E-state index in [1.165, 1.54) is 5.41 Å². The molecule has 0 heterocycles. The van der Waals surface area contributed by atoms with Crippen LogP contribution in [0.25, 0.3) is 0 Å². The monoisotopic (exact) mass is 241 g/mol. The molecule has 14 heavy (non-hydrogen) atoms. The summed E-state index contributed by atoms with van der Waals surface area (Å²) in [6, 6.07) is 8.99. The molecule has 0 saturated heterocycles. The van der Waals surface area contributed by atoms with Crippen molar-refractivity contribution >= 4 is 40.6 Å². The fourth-order valence-corrected chi connectivity index (χ4v) is 4.16. The van der Waals surface area contributed by atoms with Crippen LogP contribution < -0.4 is 5.30 Å². The minimum Gasteiger partial charge on any atom is -0.280 e. The number of benzene rings is 1. The summed E-state index contributed by atoms with van der Waals surface area (Å²) < 4.78 is 15.9. The summed E-state index contributed by atoms with van der Waals surface area (Å²) in [5.74, 6) is 0. The second-order valence-corrected chi connectivity index (χ2v) is 6.92. The van der Waals surface area contributed by atoms with Gasteiger partial charge in [-0.25, -0.2) is 0 Å². The molecule has 2 nitrogen and oxygen atoms in total. The van der Waals surface area contributed by atoms with Gasteiger partial charge in [0.1, 0.15) is 0 Å². The Balaban J connectivity index is 3.19. The molecule has 1 aromatic carbocycles. The molecule has 0 fully saturated rings. The SMILES string of the molecule is C=CSP(=O)(N=C=S)c1ccccc1. The van der Waals surface area contributed by atoms with Gasteiger partial charge < -0.3 is 0 Å². The van der Waals surface area contributed by atoms with Gasteiger partial charge in [-0.3, -0.25) is 4.57 Å². The van der Waals surface area contributed by atoms with E-state index >= 15 is 0 Å². The van der Waals surface area contributed by atoms with Crippen LogP contribution in [0.15, 0.2) is 47.1 Å². The van der Waals surface area contributed by atoms with Gasteiger partial charge in [-0.2, -0.15) is 4.76 Å².